The van der Waals surface area contributed by atoms with Crippen LogP contribution in [0.1, 0.15) is 40.0 Å². The first-order valence-corrected chi connectivity index (χ1v) is 6.29. The highest BCUT2D eigenvalue weighted by Gasteiger charge is 2.49. The summed E-state index contributed by atoms with van der Waals surface area (Å²) >= 11 is 0. The van der Waals surface area contributed by atoms with Gasteiger partial charge in [0.1, 0.15) is 12.0 Å². The Balaban J connectivity index is 2.84. The van der Waals surface area contributed by atoms with Crippen LogP contribution in [0.3, 0.4) is 0 Å². The average molecular weight is 238 g/mol. The number of esters is 1. The highest BCUT2D eigenvalue weighted by molar-refractivity contribution is 6.05. The fraction of sp³-hybridized carbons (Fsp3) is 0.714. The van der Waals surface area contributed by atoms with Gasteiger partial charge < -0.3 is 4.74 Å². The zero-order valence-electron chi connectivity index (χ0n) is 11.0. The fourth-order valence-electron chi connectivity index (χ4n) is 2.59. The summed E-state index contributed by atoms with van der Waals surface area (Å²) in [7, 11) is 0. The maximum atomic E-state index is 12.4. The Hall–Kier alpha value is -1.12. The van der Waals surface area contributed by atoms with Crippen molar-refractivity contribution in [1.82, 2.24) is 0 Å². The molecule has 0 saturated heterocycles. The Bertz CT molecular complexity index is 321. The molecule has 3 atom stereocenters. The standard InChI is InChI=1S/C14H22O3/c1-5-9-17-13(16)14(4)8-7-10(3)11(6-2)12(14)15/h5,10-11H,1,6-9H2,2-4H3. The second-order valence-corrected chi connectivity index (χ2v) is 5.11. The van der Waals surface area contributed by atoms with Crippen molar-refractivity contribution in [2.24, 2.45) is 17.3 Å². The van der Waals surface area contributed by atoms with E-state index < -0.39 is 11.4 Å². The van der Waals surface area contributed by atoms with Crippen molar-refractivity contribution in [2.45, 2.75) is 40.0 Å². The van der Waals surface area contributed by atoms with Crippen molar-refractivity contribution in [3.63, 3.8) is 0 Å². The summed E-state index contributed by atoms with van der Waals surface area (Å²) in [5, 5.41) is 0. The molecule has 3 unspecified atom stereocenters. The number of ketones is 1. The van der Waals surface area contributed by atoms with Gasteiger partial charge in [-0.05, 0) is 32.1 Å². The molecule has 1 fully saturated rings. The lowest BCUT2D eigenvalue weighted by atomic mass is 9.65. The Morgan fingerprint density at radius 1 is 1.65 bits per heavy atom. The Labute approximate surface area is 103 Å². The Morgan fingerprint density at radius 2 is 2.29 bits per heavy atom. The molecule has 1 saturated carbocycles. The van der Waals surface area contributed by atoms with E-state index in [0.29, 0.717) is 12.3 Å². The van der Waals surface area contributed by atoms with Crippen LogP contribution in [-0.2, 0) is 14.3 Å². The summed E-state index contributed by atoms with van der Waals surface area (Å²) in [6, 6.07) is 0. The van der Waals surface area contributed by atoms with E-state index in [1.165, 1.54) is 6.08 Å². The van der Waals surface area contributed by atoms with Gasteiger partial charge in [-0.15, -0.1) is 0 Å². The summed E-state index contributed by atoms with van der Waals surface area (Å²) in [6.45, 7) is 9.48. The lowest BCUT2D eigenvalue weighted by Crippen LogP contribution is -2.47. The molecule has 0 bridgehead atoms. The van der Waals surface area contributed by atoms with Crippen LogP contribution in [0.5, 0.6) is 0 Å². The van der Waals surface area contributed by atoms with Gasteiger partial charge in [0.15, 0.2) is 5.78 Å². The molecular formula is C14H22O3. The van der Waals surface area contributed by atoms with Gasteiger partial charge in [-0.25, -0.2) is 0 Å². The Morgan fingerprint density at radius 3 is 2.82 bits per heavy atom. The van der Waals surface area contributed by atoms with E-state index >= 15 is 0 Å². The van der Waals surface area contributed by atoms with Gasteiger partial charge in [-0.2, -0.15) is 0 Å². The first-order valence-electron chi connectivity index (χ1n) is 6.29. The van der Waals surface area contributed by atoms with Crippen molar-refractivity contribution in [2.75, 3.05) is 6.61 Å². The maximum absolute atomic E-state index is 12.4. The van der Waals surface area contributed by atoms with E-state index in [9.17, 15) is 9.59 Å². The minimum absolute atomic E-state index is 0.00923. The summed E-state index contributed by atoms with van der Waals surface area (Å²) < 4.78 is 5.05. The first-order chi connectivity index (χ1) is 7.97. The second-order valence-electron chi connectivity index (χ2n) is 5.11. The highest BCUT2D eigenvalue weighted by atomic mass is 16.5. The first kappa shape index (κ1) is 13.9. The molecule has 1 aliphatic rings. The lowest BCUT2D eigenvalue weighted by Gasteiger charge is -2.37. The van der Waals surface area contributed by atoms with Crippen LogP contribution in [0.2, 0.25) is 0 Å². The molecule has 3 heteroatoms. The molecule has 1 aliphatic carbocycles. The van der Waals surface area contributed by atoms with Crippen LogP contribution < -0.4 is 0 Å². The summed E-state index contributed by atoms with van der Waals surface area (Å²) in [5.74, 6) is 0.0124. The van der Waals surface area contributed by atoms with E-state index in [1.54, 1.807) is 6.92 Å². The van der Waals surface area contributed by atoms with Crippen LogP contribution >= 0.6 is 0 Å². The molecule has 0 N–H and O–H groups in total. The summed E-state index contributed by atoms with van der Waals surface area (Å²) in [6.07, 6.45) is 3.82. The molecule has 17 heavy (non-hydrogen) atoms. The average Bonchev–Trinajstić information content (AvgIpc) is 2.32. The van der Waals surface area contributed by atoms with Crippen molar-refractivity contribution in [1.29, 1.82) is 0 Å². The SMILES string of the molecule is C=CCOC(=O)C1(C)CCC(C)C(CC)C1=O. The van der Waals surface area contributed by atoms with E-state index in [2.05, 4.69) is 13.5 Å². The molecule has 0 aliphatic heterocycles. The quantitative estimate of drug-likeness (QED) is 0.429. The number of ether oxygens (including phenoxy) is 1. The summed E-state index contributed by atoms with van der Waals surface area (Å²) in [4.78, 5) is 24.3. The summed E-state index contributed by atoms with van der Waals surface area (Å²) in [5.41, 5.74) is -0.948. The van der Waals surface area contributed by atoms with Gasteiger partial charge in [0, 0.05) is 5.92 Å². The molecule has 0 amide bonds. The van der Waals surface area contributed by atoms with Crippen LogP contribution in [-0.4, -0.2) is 18.4 Å². The van der Waals surface area contributed by atoms with Crippen LogP contribution in [0.15, 0.2) is 12.7 Å². The third-order valence-electron chi connectivity index (χ3n) is 3.89. The van der Waals surface area contributed by atoms with E-state index in [-0.39, 0.29) is 18.3 Å². The zero-order valence-corrected chi connectivity index (χ0v) is 11.0. The molecule has 0 spiro atoms. The lowest BCUT2D eigenvalue weighted by molar-refractivity contribution is -0.163. The molecule has 1 rings (SSSR count). The smallest absolute Gasteiger partial charge is 0.319 e. The number of hydrogen-bond acceptors (Lipinski definition) is 3. The van der Waals surface area contributed by atoms with Crippen molar-refractivity contribution >= 4 is 11.8 Å². The third kappa shape index (κ3) is 2.59. The van der Waals surface area contributed by atoms with Gasteiger partial charge in [-0.1, -0.05) is 26.5 Å². The van der Waals surface area contributed by atoms with Gasteiger partial charge in [-0.3, -0.25) is 9.59 Å². The number of hydrogen-bond donors (Lipinski definition) is 0. The van der Waals surface area contributed by atoms with Gasteiger partial charge in [0.05, 0.1) is 0 Å². The van der Waals surface area contributed by atoms with Gasteiger partial charge in [0.2, 0.25) is 0 Å². The number of carbonyl (C=O) groups excluding carboxylic acids is 2. The molecule has 0 aromatic heterocycles. The van der Waals surface area contributed by atoms with Crippen molar-refractivity contribution < 1.29 is 14.3 Å². The molecule has 3 nitrogen and oxygen atoms in total. The van der Waals surface area contributed by atoms with Gasteiger partial charge >= 0.3 is 5.97 Å². The monoisotopic (exact) mass is 238 g/mol. The number of Topliss-reactive ketones (excluding diaryl/α,β-unsaturated/α-hetero) is 1. The predicted octanol–water partition coefficient (Wildman–Crippen LogP) is 2.75. The highest BCUT2D eigenvalue weighted by Crippen LogP contribution is 2.41. The maximum Gasteiger partial charge on any atom is 0.319 e. The second kappa shape index (κ2) is 5.48. The minimum atomic E-state index is -0.948. The Kier molecular flexibility index (Phi) is 4.49. The molecule has 0 aromatic carbocycles. The minimum Gasteiger partial charge on any atom is -0.461 e. The van der Waals surface area contributed by atoms with E-state index in [1.807, 2.05) is 6.92 Å². The molecule has 0 aromatic rings. The fourth-order valence-corrected chi connectivity index (χ4v) is 2.59. The van der Waals surface area contributed by atoms with Crippen LogP contribution in [0, 0.1) is 17.3 Å². The zero-order chi connectivity index (χ0) is 13.1. The van der Waals surface area contributed by atoms with E-state index in [4.69, 9.17) is 4.74 Å². The molecule has 0 radical (unpaired) electrons. The molecule has 96 valence electrons. The molecular weight excluding hydrogens is 216 g/mol. The topological polar surface area (TPSA) is 43.4 Å². The van der Waals surface area contributed by atoms with Crippen LogP contribution in [0.25, 0.3) is 0 Å². The third-order valence-corrected chi connectivity index (χ3v) is 3.89. The van der Waals surface area contributed by atoms with Gasteiger partial charge in [0.25, 0.3) is 0 Å². The van der Waals surface area contributed by atoms with E-state index in [0.717, 1.165) is 12.8 Å². The predicted molar refractivity (Wildman–Crippen MR) is 66.4 cm³/mol. The van der Waals surface area contributed by atoms with Crippen LogP contribution in [0.4, 0.5) is 0 Å². The van der Waals surface area contributed by atoms with Crippen molar-refractivity contribution in [3.05, 3.63) is 12.7 Å². The largest absolute Gasteiger partial charge is 0.461 e. The number of carbonyl (C=O) groups is 2. The molecule has 0 heterocycles. The normalized spacial score (nSPS) is 33.2. The van der Waals surface area contributed by atoms with Crippen molar-refractivity contribution in [3.8, 4) is 0 Å². The number of rotatable bonds is 4.